The number of benzene rings is 1. The first kappa shape index (κ1) is 18.8. The Kier molecular flexibility index (Phi) is 6.01. The number of pyridine rings is 1. The summed E-state index contributed by atoms with van der Waals surface area (Å²) in [5, 5.41) is 2.69. The highest BCUT2D eigenvalue weighted by atomic mass is 19.4. The maximum atomic E-state index is 12.7. The van der Waals surface area contributed by atoms with Gasteiger partial charge in [0, 0.05) is 24.7 Å². The van der Waals surface area contributed by atoms with E-state index in [1.54, 1.807) is 0 Å². The zero-order valence-corrected chi connectivity index (χ0v) is 13.7. The third kappa shape index (κ3) is 5.20. The van der Waals surface area contributed by atoms with Crippen LogP contribution >= 0.6 is 0 Å². The molecule has 1 aromatic heterocycles. The fourth-order valence-corrected chi connectivity index (χ4v) is 2.49. The summed E-state index contributed by atoms with van der Waals surface area (Å²) in [6, 6.07) is 11.1. The number of nitrogens with zero attached hydrogens (tertiary/aromatic N) is 1. The van der Waals surface area contributed by atoms with E-state index in [2.05, 4.69) is 5.32 Å². The number of carbonyl (C=O) groups excluding carboxylic acids is 1. The number of rotatable bonds is 6. The van der Waals surface area contributed by atoms with E-state index in [1.165, 1.54) is 0 Å². The van der Waals surface area contributed by atoms with Crippen LogP contribution in [0.2, 0.25) is 0 Å². The van der Waals surface area contributed by atoms with E-state index in [4.69, 9.17) is 0 Å². The van der Waals surface area contributed by atoms with Crippen molar-refractivity contribution in [3.63, 3.8) is 0 Å². The van der Waals surface area contributed by atoms with E-state index >= 15 is 0 Å². The molecule has 0 fully saturated rings. The lowest BCUT2D eigenvalue weighted by atomic mass is 9.96. The molecule has 0 aliphatic carbocycles. The van der Waals surface area contributed by atoms with Gasteiger partial charge in [-0.25, -0.2) is 0 Å². The monoisotopic (exact) mass is 352 g/mol. The summed E-state index contributed by atoms with van der Waals surface area (Å²) in [6.45, 7) is 1.89. The number of aromatic nitrogens is 1. The number of nitrogens with one attached hydrogen (secondary N) is 1. The Morgan fingerprint density at radius 1 is 1.16 bits per heavy atom. The third-order valence-corrected chi connectivity index (χ3v) is 3.93. The summed E-state index contributed by atoms with van der Waals surface area (Å²) in [4.78, 5) is 23.7. The second-order valence-electron chi connectivity index (χ2n) is 5.70. The van der Waals surface area contributed by atoms with Gasteiger partial charge in [-0.3, -0.25) is 9.59 Å². The van der Waals surface area contributed by atoms with E-state index in [9.17, 15) is 22.8 Å². The highest BCUT2D eigenvalue weighted by molar-refractivity contribution is 5.75. The first-order valence-electron chi connectivity index (χ1n) is 7.90. The molecule has 25 heavy (non-hydrogen) atoms. The standard InChI is InChI=1S/C18H19F3N2O2/c1-2-13(14-6-4-3-5-7-14)10-22-16(24)12-23-11-15(18(19,20)21)8-9-17(23)25/h3-9,11,13H,2,10,12H2,1H3,(H,22,24). The Labute approximate surface area is 143 Å². The van der Waals surface area contributed by atoms with Gasteiger partial charge < -0.3 is 9.88 Å². The first-order chi connectivity index (χ1) is 11.8. The molecule has 7 heteroatoms. The van der Waals surface area contributed by atoms with E-state index in [0.29, 0.717) is 18.8 Å². The molecular weight excluding hydrogens is 333 g/mol. The van der Waals surface area contributed by atoms with Crippen molar-refractivity contribution in [2.45, 2.75) is 32.0 Å². The fourth-order valence-electron chi connectivity index (χ4n) is 2.49. The fraction of sp³-hybridized carbons (Fsp3) is 0.333. The van der Waals surface area contributed by atoms with Crippen molar-refractivity contribution in [1.29, 1.82) is 0 Å². The van der Waals surface area contributed by atoms with Gasteiger partial charge in [0.25, 0.3) is 5.56 Å². The molecule has 1 unspecified atom stereocenters. The molecule has 1 atom stereocenters. The van der Waals surface area contributed by atoms with Crippen molar-refractivity contribution >= 4 is 5.91 Å². The average Bonchev–Trinajstić information content (AvgIpc) is 2.57. The van der Waals surface area contributed by atoms with E-state index in [0.717, 1.165) is 22.6 Å². The van der Waals surface area contributed by atoms with Gasteiger partial charge >= 0.3 is 6.18 Å². The summed E-state index contributed by atoms with van der Waals surface area (Å²) in [7, 11) is 0. The van der Waals surface area contributed by atoms with E-state index < -0.39 is 29.8 Å². The Hall–Kier alpha value is -2.57. The quantitative estimate of drug-likeness (QED) is 0.868. The van der Waals surface area contributed by atoms with Gasteiger partial charge in [-0.1, -0.05) is 37.3 Å². The number of carbonyl (C=O) groups is 1. The molecule has 1 N–H and O–H groups in total. The van der Waals surface area contributed by atoms with Gasteiger partial charge in [-0.2, -0.15) is 13.2 Å². The van der Waals surface area contributed by atoms with Gasteiger partial charge in [0.1, 0.15) is 6.54 Å². The summed E-state index contributed by atoms with van der Waals surface area (Å²) in [5.41, 5.74) is -0.546. The molecule has 0 aliphatic rings. The molecule has 2 rings (SSSR count). The van der Waals surface area contributed by atoms with Crippen LogP contribution in [0.4, 0.5) is 13.2 Å². The van der Waals surface area contributed by atoms with Crippen molar-refractivity contribution in [2.24, 2.45) is 0 Å². The Bertz CT molecular complexity index is 770. The largest absolute Gasteiger partial charge is 0.417 e. The Morgan fingerprint density at radius 3 is 2.44 bits per heavy atom. The van der Waals surface area contributed by atoms with Crippen LogP contribution in [-0.4, -0.2) is 17.0 Å². The highest BCUT2D eigenvalue weighted by Crippen LogP contribution is 2.28. The summed E-state index contributed by atoms with van der Waals surface area (Å²) < 4.78 is 38.9. The molecule has 0 radical (unpaired) electrons. The number of amides is 1. The average molecular weight is 352 g/mol. The SMILES string of the molecule is CCC(CNC(=O)Cn1cc(C(F)(F)F)ccc1=O)c1ccccc1. The van der Waals surface area contributed by atoms with Crippen LogP contribution in [0.5, 0.6) is 0 Å². The minimum atomic E-state index is -4.56. The van der Waals surface area contributed by atoms with Gasteiger partial charge in [-0.15, -0.1) is 0 Å². The number of halogens is 3. The smallest absolute Gasteiger partial charge is 0.354 e. The van der Waals surface area contributed by atoms with Crippen LogP contribution in [0.3, 0.4) is 0 Å². The van der Waals surface area contributed by atoms with Crippen molar-refractivity contribution < 1.29 is 18.0 Å². The van der Waals surface area contributed by atoms with Crippen LogP contribution in [0.15, 0.2) is 53.5 Å². The highest BCUT2D eigenvalue weighted by Gasteiger charge is 2.31. The van der Waals surface area contributed by atoms with Crippen LogP contribution in [0, 0.1) is 0 Å². The molecule has 1 amide bonds. The molecule has 134 valence electrons. The predicted octanol–water partition coefficient (Wildman–Crippen LogP) is 3.18. The lowest BCUT2D eigenvalue weighted by Gasteiger charge is -2.17. The normalized spacial score (nSPS) is 12.6. The number of alkyl halides is 3. The third-order valence-electron chi connectivity index (χ3n) is 3.93. The molecule has 0 saturated heterocycles. The van der Waals surface area contributed by atoms with E-state index in [1.807, 2.05) is 37.3 Å². The molecule has 0 bridgehead atoms. The maximum absolute atomic E-state index is 12.7. The van der Waals surface area contributed by atoms with Crippen molar-refractivity contribution in [3.05, 3.63) is 70.1 Å². The zero-order valence-electron chi connectivity index (χ0n) is 13.7. The molecular formula is C18H19F3N2O2. The lowest BCUT2D eigenvalue weighted by molar-refractivity contribution is -0.138. The molecule has 1 heterocycles. The minimum Gasteiger partial charge on any atom is -0.354 e. The number of hydrogen-bond donors (Lipinski definition) is 1. The summed E-state index contributed by atoms with van der Waals surface area (Å²) >= 11 is 0. The topological polar surface area (TPSA) is 51.1 Å². The van der Waals surface area contributed by atoms with Gasteiger partial charge in [0.05, 0.1) is 5.56 Å². The van der Waals surface area contributed by atoms with Crippen molar-refractivity contribution in [2.75, 3.05) is 6.54 Å². The van der Waals surface area contributed by atoms with E-state index in [-0.39, 0.29) is 5.92 Å². The van der Waals surface area contributed by atoms with Gasteiger partial charge in [0.15, 0.2) is 0 Å². The van der Waals surface area contributed by atoms with Crippen molar-refractivity contribution in [1.82, 2.24) is 9.88 Å². The second-order valence-corrected chi connectivity index (χ2v) is 5.70. The van der Waals surface area contributed by atoms with Crippen LogP contribution in [-0.2, 0) is 17.5 Å². The molecule has 0 aliphatic heterocycles. The molecule has 1 aromatic carbocycles. The minimum absolute atomic E-state index is 0.100. The maximum Gasteiger partial charge on any atom is 0.417 e. The summed E-state index contributed by atoms with van der Waals surface area (Å²) in [5.74, 6) is -0.404. The Morgan fingerprint density at radius 2 is 1.84 bits per heavy atom. The van der Waals surface area contributed by atoms with Gasteiger partial charge in [-0.05, 0) is 18.1 Å². The predicted molar refractivity (Wildman–Crippen MR) is 88.2 cm³/mol. The number of hydrogen-bond acceptors (Lipinski definition) is 2. The first-order valence-corrected chi connectivity index (χ1v) is 7.90. The summed E-state index contributed by atoms with van der Waals surface area (Å²) in [6.07, 6.45) is -3.10. The molecule has 0 saturated carbocycles. The molecule has 2 aromatic rings. The second kappa shape index (κ2) is 8.00. The molecule has 4 nitrogen and oxygen atoms in total. The van der Waals surface area contributed by atoms with Crippen LogP contribution < -0.4 is 10.9 Å². The van der Waals surface area contributed by atoms with Crippen LogP contribution in [0.1, 0.15) is 30.4 Å². The molecule has 0 spiro atoms. The zero-order chi connectivity index (χ0) is 18.4. The Balaban J connectivity index is 2.02. The van der Waals surface area contributed by atoms with Crippen LogP contribution in [0.25, 0.3) is 0 Å². The lowest BCUT2D eigenvalue weighted by Crippen LogP contribution is -2.34. The van der Waals surface area contributed by atoms with Gasteiger partial charge in [0.2, 0.25) is 5.91 Å². The van der Waals surface area contributed by atoms with Crippen molar-refractivity contribution in [3.8, 4) is 0 Å².